The van der Waals surface area contributed by atoms with Crippen LogP contribution in [0.3, 0.4) is 0 Å². The molecule has 1 aromatic heterocycles. The third-order valence-electron chi connectivity index (χ3n) is 2.65. The molecule has 1 heterocycles. The van der Waals surface area contributed by atoms with Gasteiger partial charge in [0.1, 0.15) is 18.0 Å². The lowest BCUT2D eigenvalue weighted by Crippen LogP contribution is -2.09. The van der Waals surface area contributed by atoms with Crippen molar-refractivity contribution in [1.82, 2.24) is 9.97 Å². The molecule has 1 rings (SSSR count). The molecular formula is C12H22N4O. The first-order valence-corrected chi connectivity index (χ1v) is 6.11. The summed E-state index contributed by atoms with van der Waals surface area (Å²) in [5.41, 5.74) is 6.80. The normalized spacial score (nSPS) is 10.5. The fourth-order valence-corrected chi connectivity index (χ4v) is 1.68. The quantitative estimate of drug-likeness (QED) is 0.676. The highest BCUT2D eigenvalue weighted by molar-refractivity contribution is 5.54. The zero-order valence-electron chi connectivity index (χ0n) is 10.7. The number of nitrogens with zero attached hydrogens (tertiary/aromatic N) is 2. The maximum atomic E-state index is 5.79. The minimum atomic E-state index is 0.574. The van der Waals surface area contributed by atoms with Gasteiger partial charge in [0.05, 0.1) is 0 Å². The number of hydrogen-bond acceptors (Lipinski definition) is 5. The number of nitrogens with one attached hydrogen (secondary N) is 1. The minimum Gasteiger partial charge on any atom is -0.385 e. The van der Waals surface area contributed by atoms with E-state index in [1.165, 1.54) is 6.33 Å². The van der Waals surface area contributed by atoms with Crippen LogP contribution in [0.25, 0.3) is 0 Å². The second-order valence-corrected chi connectivity index (χ2v) is 3.92. The van der Waals surface area contributed by atoms with Crippen LogP contribution in [0.15, 0.2) is 6.33 Å². The third kappa shape index (κ3) is 4.56. The Morgan fingerprint density at radius 3 is 2.82 bits per heavy atom. The summed E-state index contributed by atoms with van der Waals surface area (Å²) in [7, 11) is 1.73. The Hall–Kier alpha value is -1.36. The van der Waals surface area contributed by atoms with Crippen LogP contribution in [-0.2, 0) is 11.2 Å². The lowest BCUT2D eigenvalue weighted by Gasteiger charge is -2.10. The predicted molar refractivity (Wildman–Crippen MR) is 70.0 cm³/mol. The molecule has 0 saturated heterocycles. The van der Waals surface area contributed by atoms with Gasteiger partial charge in [-0.3, -0.25) is 0 Å². The van der Waals surface area contributed by atoms with E-state index in [2.05, 4.69) is 22.2 Å². The van der Waals surface area contributed by atoms with Crippen molar-refractivity contribution in [3.63, 3.8) is 0 Å². The Balaban J connectivity index is 2.33. The summed E-state index contributed by atoms with van der Waals surface area (Å²) in [6, 6.07) is 0. The van der Waals surface area contributed by atoms with Crippen LogP contribution in [0.2, 0.25) is 0 Å². The number of nitrogens with two attached hydrogens (primary N) is 1. The van der Waals surface area contributed by atoms with Crippen molar-refractivity contribution in [3.8, 4) is 0 Å². The number of nitrogen functional groups attached to an aromatic ring is 1. The fraction of sp³-hybridized carbons (Fsp3) is 0.667. The Morgan fingerprint density at radius 1 is 1.29 bits per heavy atom. The van der Waals surface area contributed by atoms with Crippen LogP contribution >= 0.6 is 0 Å². The van der Waals surface area contributed by atoms with Gasteiger partial charge in [0, 0.05) is 25.8 Å². The molecule has 0 unspecified atom stereocenters. The highest BCUT2D eigenvalue weighted by Gasteiger charge is 2.05. The largest absolute Gasteiger partial charge is 0.385 e. The topological polar surface area (TPSA) is 73.1 Å². The van der Waals surface area contributed by atoms with E-state index in [1.807, 2.05) is 0 Å². The summed E-state index contributed by atoms with van der Waals surface area (Å²) in [4.78, 5) is 8.21. The number of unbranched alkanes of at least 4 members (excludes halogenated alkanes) is 2. The van der Waals surface area contributed by atoms with Crippen LogP contribution in [0.1, 0.15) is 31.7 Å². The first-order valence-electron chi connectivity index (χ1n) is 6.11. The van der Waals surface area contributed by atoms with Crippen LogP contribution in [0.5, 0.6) is 0 Å². The molecule has 0 radical (unpaired) electrons. The van der Waals surface area contributed by atoms with Crippen molar-refractivity contribution >= 4 is 11.6 Å². The van der Waals surface area contributed by atoms with Gasteiger partial charge in [-0.05, 0) is 25.7 Å². The summed E-state index contributed by atoms with van der Waals surface area (Å²) >= 11 is 0. The van der Waals surface area contributed by atoms with Gasteiger partial charge in [-0.15, -0.1) is 0 Å². The maximum absolute atomic E-state index is 5.79. The average Bonchev–Trinajstić information content (AvgIpc) is 2.34. The Bertz CT molecular complexity index is 330. The summed E-state index contributed by atoms with van der Waals surface area (Å²) < 4.78 is 5.00. The first kappa shape index (κ1) is 13.7. The van der Waals surface area contributed by atoms with E-state index >= 15 is 0 Å². The maximum Gasteiger partial charge on any atom is 0.134 e. The first-order chi connectivity index (χ1) is 8.29. The smallest absolute Gasteiger partial charge is 0.134 e. The minimum absolute atomic E-state index is 0.574. The van der Waals surface area contributed by atoms with Crippen LogP contribution < -0.4 is 11.1 Å². The predicted octanol–water partition coefficient (Wildman–Crippen LogP) is 1.85. The van der Waals surface area contributed by atoms with E-state index in [1.54, 1.807) is 7.11 Å². The van der Waals surface area contributed by atoms with Crippen molar-refractivity contribution in [2.75, 3.05) is 31.3 Å². The fourth-order valence-electron chi connectivity index (χ4n) is 1.68. The summed E-state index contributed by atoms with van der Waals surface area (Å²) in [5.74, 6) is 1.44. The van der Waals surface area contributed by atoms with Gasteiger partial charge in [0.2, 0.25) is 0 Å². The highest BCUT2D eigenvalue weighted by atomic mass is 16.5. The molecule has 0 saturated carbocycles. The Kier molecular flexibility index (Phi) is 6.32. The van der Waals surface area contributed by atoms with Crippen molar-refractivity contribution in [3.05, 3.63) is 11.9 Å². The molecule has 0 amide bonds. The van der Waals surface area contributed by atoms with Crippen LogP contribution in [0, 0.1) is 0 Å². The van der Waals surface area contributed by atoms with E-state index in [0.29, 0.717) is 5.82 Å². The van der Waals surface area contributed by atoms with Gasteiger partial charge >= 0.3 is 0 Å². The number of aromatic nitrogens is 2. The second-order valence-electron chi connectivity index (χ2n) is 3.92. The van der Waals surface area contributed by atoms with Crippen molar-refractivity contribution < 1.29 is 4.74 Å². The Labute approximate surface area is 103 Å². The van der Waals surface area contributed by atoms with Gasteiger partial charge in [-0.1, -0.05) is 6.92 Å². The van der Waals surface area contributed by atoms with E-state index in [4.69, 9.17) is 10.5 Å². The summed E-state index contributed by atoms with van der Waals surface area (Å²) in [6.07, 6.45) is 5.71. The number of ether oxygens (including phenoxy) is 1. The van der Waals surface area contributed by atoms with Crippen molar-refractivity contribution in [1.29, 1.82) is 0 Å². The van der Waals surface area contributed by atoms with E-state index in [9.17, 15) is 0 Å². The molecule has 0 aliphatic rings. The number of hydrogen-bond donors (Lipinski definition) is 2. The number of anilines is 2. The molecule has 3 N–H and O–H groups in total. The third-order valence-corrected chi connectivity index (χ3v) is 2.65. The molecule has 0 aromatic carbocycles. The molecular weight excluding hydrogens is 216 g/mol. The molecule has 0 atom stereocenters. The standard InChI is InChI=1S/C12H22N4O/c1-3-10-11(13)15-9-16-12(10)14-7-5-4-6-8-17-2/h9H,3-8H2,1-2H3,(H3,13,14,15,16). The molecule has 17 heavy (non-hydrogen) atoms. The van der Waals surface area contributed by atoms with Gasteiger partial charge in [0.15, 0.2) is 0 Å². The van der Waals surface area contributed by atoms with Gasteiger partial charge in [-0.2, -0.15) is 0 Å². The molecule has 0 aliphatic heterocycles. The second kappa shape index (κ2) is 7.84. The van der Waals surface area contributed by atoms with E-state index in [0.717, 1.165) is 50.2 Å². The zero-order valence-corrected chi connectivity index (χ0v) is 10.7. The van der Waals surface area contributed by atoms with Crippen LogP contribution in [0.4, 0.5) is 11.6 Å². The van der Waals surface area contributed by atoms with Crippen LogP contribution in [-0.4, -0.2) is 30.2 Å². The van der Waals surface area contributed by atoms with Crippen molar-refractivity contribution in [2.24, 2.45) is 0 Å². The lowest BCUT2D eigenvalue weighted by molar-refractivity contribution is 0.192. The van der Waals surface area contributed by atoms with Gasteiger partial charge in [-0.25, -0.2) is 9.97 Å². The van der Waals surface area contributed by atoms with Crippen molar-refractivity contribution in [2.45, 2.75) is 32.6 Å². The zero-order chi connectivity index (χ0) is 12.5. The molecule has 0 spiro atoms. The molecule has 96 valence electrons. The van der Waals surface area contributed by atoms with Gasteiger partial charge in [0.25, 0.3) is 0 Å². The molecule has 0 bridgehead atoms. The van der Waals surface area contributed by atoms with E-state index in [-0.39, 0.29) is 0 Å². The number of methoxy groups -OCH3 is 1. The average molecular weight is 238 g/mol. The SMILES string of the molecule is CCc1c(N)ncnc1NCCCCCOC. The number of rotatable bonds is 8. The molecule has 1 aromatic rings. The van der Waals surface area contributed by atoms with Gasteiger partial charge < -0.3 is 15.8 Å². The molecule has 0 fully saturated rings. The van der Waals surface area contributed by atoms with E-state index < -0.39 is 0 Å². The highest BCUT2D eigenvalue weighted by Crippen LogP contribution is 2.17. The Morgan fingerprint density at radius 2 is 2.12 bits per heavy atom. The lowest BCUT2D eigenvalue weighted by atomic mass is 10.2. The summed E-state index contributed by atoms with van der Waals surface area (Å²) in [6.45, 7) is 3.80. The summed E-state index contributed by atoms with van der Waals surface area (Å²) in [5, 5.41) is 3.31. The molecule has 0 aliphatic carbocycles. The molecule has 5 heteroatoms. The molecule has 5 nitrogen and oxygen atoms in total. The monoisotopic (exact) mass is 238 g/mol.